The van der Waals surface area contributed by atoms with Gasteiger partial charge in [0.05, 0.1) is 49.9 Å². The summed E-state index contributed by atoms with van der Waals surface area (Å²) in [6.45, 7) is 7.64. The molecule has 4 bridgehead atoms. The van der Waals surface area contributed by atoms with Crippen LogP contribution in [0.4, 0.5) is 18.9 Å². The molecule has 1 amide bonds. The van der Waals surface area contributed by atoms with Crippen LogP contribution in [0.5, 0.6) is 0 Å². The number of amides is 1. The fraction of sp³-hybridized carbons (Fsp3) is 0.483. The summed E-state index contributed by atoms with van der Waals surface area (Å²) >= 11 is -0.261. The normalized spacial score (nSPS) is 21.3. The van der Waals surface area contributed by atoms with Crippen LogP contribution in [0.2, 0.25) is 0 Å². The average molecular weight is 618 g/mol. The van der Waals surface area contributed by atoms with Gasteiger partial charge in [0.2, 0.25) is 0 Å². The molecule has 43 heavy (non-hydrogen) atoms. The Hall–Kier alpha value is -3.51. The molecule has 10 nitrogen and oxygen atoms in total. The van der Waals surface area contributed by atoms with Crippen LogP contribution in [0.15, 0.2) is 36.1 Å². The minimum absolute atomic E-state index is 0.0165. The molecule has 2 aliphatic heterocycles. The van der Waals surface area contributed by atoms with Crippen molar-refractivity contribution in [3.05, 3.63) is 48.1 Å². The number of rotatable bonds is 2. The Balaban J connectivity index is 1.46. The minimum atomic E-state index is -4.54. The van der Waals surface area contributed by atoms with Crippen LogP contribution in [0.25, 0.3) is 11.7 Å². The molecule has 3 aromatic heterocycles. The number of piperidine rings is 1. The van der Waals surface area contributed by atoms with Gasteiger partial charge in [-0.25, -0.2) is 4.98 Å². The van der Waals surface area contributed by atoms with E-state index < -0.39 is 11.4 Å². The molecule has 5 rings (SSSR count). The summed E-state index contributed by atoms with van der Waals surface area (Å²) in [6.07, 6.45) is 6.31. The molecular weight excluding hydrogens is 583 g/mol. The average Bonchev–Trinajstić information content (AvgIpc) is 3.54. The smallest absolute Gasteiger partial charge is 0.379 e. The molecule has 0 aromatic carbocycles. The quantitative estimate of drug-likeness (QED) is 0.332. The molecule has 2 N–H and O–H groups in total. The van der Waals surface area contributed by atoms with Gasteiger partial charge in [0.25, 0.3) is 5.91 Å². The molecule has 3 aromatic rings. The van der Waals surface area contributed by atoms with E-state index in [1.807, 2.05) is 6.07 Å². The van der Waals surface area contributed by atoms with Crippen molar-refractivity contribution >= 4 is 35.1 Å². The lowest BCUT2D eigenvalue weighted by Gasteiger charge is -2.37. The number of nitrogens with zero attached hydrogens (tertiary/aromatic N) is 5. The number of fused-ring (bicyclic) bond motifs is 4. The molecule has 1 saturated heterocycles. The van der Waals surface area contributed by atoms with Crippen molar-refractivity contribution in [3.8, 4) is 11.8 Å². The first-order valence-corrected chi connectivity index (χ1v) is 14.9. The summed E-state index contributed by atoms with van der Waals surface area (Å²) in [6, 6.07) is 3.61. The van der Waals surface area contributed by atoms with Crippen molar-refractivity contribution in [1.29, 1.82) is 0 Å². The highest BCUT2D eigenvalue weighted by Crippen LogP contribution is 2.39. The molecule has 5 heterocycles. The number of pyridine rings is 1. The van der Waals surface area contributed by atoms with Crippen LogP contribution in [0.3, 0.4) is 0 Å². The van der Waals surface area contributed by atoms with Crippen LogP contribution in [-0.4, -0.2) is 94.6 Å². The van der Waals surface area contributed by atoms with E-state index >= 15 is 0 Å². The molecular formula is C29H34F3N7O3S. The minimum Gasteiger partial charge on any atom is -0.379 e. The number of anilines is 1. The Labute approximate surface area is 252 Å². The first-order chi connectivity index (χ1) is 20.7. The van der Waals surface area contributed by atoms with E-state index in [1.54, 1.807) is 23.1 Å². The fourth-order valence-corrected chi connectivity index (χ4v) is 5.94. The van der Waals surface area contributed by atoms with E-state index in [0.29, 0.717) is 55.6 Å². The lowest BCUT2D eigenvalue weighted by atomic mass is 9.89. The van der Waals surface area contributed by atoms with Crippen LogP contribution in [-0.2, 0) is 16.0 Å². The molecule has 0 aliphatic carbocycles. The molecule has 2 aliphatic rings. The number of aromatic nitrogens is 4. The third-order valence-electron chi connectivity index (χ3n) is 7.34. The Morgan fingerprint density at radius 2 is 2.00 bits per heavy atom. The molecule has 230 valence electrons. The van der Waals surface area contributed by atoms with Crippen LogP contribution in [0.1, 0.15) is 34.6 Å². The maximum absolute atomic E-state index is 13.6. The summed E-state index contributed by atoms with van der Waals surface area (Å²) in [5, 5.41) is 10.5. The predicted molar refractivity (Wildman–Crippen MR) is 158 cm³/mol. The third-order valence-corrected chi connectivity index (χ3v) is 8.15. The summed E-state index contributed by atoms with van der Waals surface area (Å²) in [5.74, 6) is 5.34. The second-order valence-electron chi connectivity index (χ2n) is 10.4. The summed E-state index contributed by atoms with van der Waals surface area (Å²) in [5.41, 5.74) is -2.86. The zero-order chi connectivity index (χ0) is 30.4. The maximum Gasteiger partial charge on any atom is 0.447 e. The number of hydrogen-bond acceptors (Lipinski definition) is 8. The van der Waals surface area contributed by atoms with Crippen molar-refractivity contribution in [2.75, 3.05) is 58.4 Å². The number of likely N-dealkylation sites (tertiary alicyclic amines) is 1. The van der Waals surface area contributed by atoms with Crippen LogP contribution in [0, 0.1) is 17.8 Å². The van der Waals surface area contributed by atoms with Gasteiger partial charge in [-0.1, -0.05) is 12.5 Å². The lowest BCUT2D eigenvalue weighted by Crippen LogP contribution is -2.45. The first-order valence-electron chi connectivity index (χ1n) is 14.1. The van der Waals surface area contributed by atoms with Gasteiger partial charge >= 0.3 is 5.51 Å². The molecule has 0 radical (unpaired) electrons. The third kappa shape index (κ3) is 7.91. The summed E-state index contributed by atoms with van der Waals surface area (Å²) in [7, 11) is 2.08. The van der Waals surface area contributed by atoms with E-state index in [2.05, 4.69) is 51.1 Å². The van der Waals surface area contributed by atoms with E-state index in [1.165, 1.54) is 10.5 Å². The molecule has 0 unspecified atom stereocenters. The summed E-state index contributed by atoms with van der Waals surface area (Å²) in [4.78, 5) is 19.6. The van der Waals surface area contributed by atoms with Gasteiger partial charge in [-0.2, -0.15) is 18.3 Å². The van der Waals surface area contributed by atoms with Crippen LogP contribution >= 0.6 is 11.8 Å². The Bertz CT molecular complexity index is 1510. The number of hydrogen-bond donors (Lipinski definition) is 2. The molecule has 2 atom stereocenters. The number of carbonyl (C=O) groups is 1. The number of imidazole rings is 1. The second kappa shape index (κ2) is 13.9. The number of halogens is 3. The topological polar surface area (TPSA) is 98.0 Å². The van der Waals surface area contributed by atoms with Crippen molar-refractivity contribution < 1.29 is 27.4 Å². The van der Waals surface area contributed by atoms with E-state index in [4.69, 9.17) is 9.47 Å². The second-order valence-corrected chi connectivity index (χ2v) is 11.4. The zero-order valence-corrected chi connectivity index (χ0v) is 24.6. The van der Waals surface area contributed by atoms with Crippen molar-refractivity contribution in [2.45, 2.75) is 36.0 Å². The fourth-order valence-electron chi connectivity index (χ4n) is 5.28. The van der Waals surface area contributed by atoms with Gasteiger partial charge < -0.3 is 25.0 Å². The van der Waals surface area contributed by atoms with Gasteiger partial charge in [0, 0.05) is 43.3 Å². The highest BCUT2D eigenvalue weighted by atomic mass is 32.2. The lowest BCUT2D eigenvalue weighted by molar-refractivity contribution is -0.0330. The molecule has 0 saturated carbocycles. The van der Waals surface area contributed by atoms with Crippen molar-refractivity contribution in [2.24, 2.45) is 5.92 Å². The van der Waals surface area contributed by atoms with Gasteiger partial charge in [-0.3, -0.25) is 13.9 Å². The van der Waals surface area contributed by atoms with E-state index in [-0.39, 0.29) is 41.0 Å². The monoisotopic (exact) mass is 617 g/mol. The maximum atomic E-state index is 13.6. The highest BCUT2D eigenvalue weighted by Gasteiger charge is 2.34. The van der Waals surface area contributed by atoms with E-state index in [0.717, 1.165) is 25.9 Å². The number of thioether (sulfide) groups is 1. The molecule has 1 fully saturated rings. The van der Waals surface area contributed by atoms with Crippen LogP contribution < -0.4 is 10.6 Å². The standard InChI is InChI=1S/C29H34F3N7O3S/c1-3-22-21-19-38(36-22)13-15-42-17-16-41-14-9-20-18-37(2)12-8-23(20)34-24-7-5-11-39-26(24)35-25(6-4-10-33-27(21)40)28(39)43-29(30,31)32/h3,5,7,11,19-20,23,34H,1,8-10,12-18H2,2H3,(H,33,40)/t20-,23-/m0/s1. The predicted octanol–water partition coefficient (Wildman–Crippen LogP) is 3.74. The Morgan fingerprint density at radius 1 is 1.19 bits per heavy atom. The Morgan fingerprint density at radius 3 is 2.79 bits per heavy atom. The number of alkyl halides is 3. The van der Waals surface area contributed by atoms with Crippen molar-refractivity contribution in [1.82, 2.24) is 29.4 Å². The Kier molecular flexibility index (Phi) is 9.97. The largest absolute Gasteiger partial charge is 0.447 e. The van der Waals surface area contributed by atoms with Gasteiger partial charge in [-0.05, 0) is 56.5 Å². The SMILES string of the molecule is C=Cc1nn2cc1C(=O)NCC#Cc1nc3c(cccn3c1SC(F)(F)F)N[C@H]1CCN(C)C[C@@H]1CCOCCOCC2. The number of carbonyl (C=O) groups excluding carboxylic acids is 1. The first kappa shape index (κ1) is 30.9. The summed E-state index contributed by atoms with van der Waals surface area (Å²) < 4.78 is 55.4. The van der Waals surface area contributed by atoms with Gasteiger partial charge in [-0.15, -0.1) is 0 Å². The number of ether oxygens (including phenoxy) is 2. The highest BCUT2D eigenvalue weighted by molar-refractivity contribution is 8.00. The van der Waals surface area contributed by atoms with Gasteiger partial charge in [0.15, 0.2) is 5.65 Å². The number of nitrogens with one attached hydrogen (secondary N) is 2. The molecule has 14 heteroatoms. The zero-order valence-electron chi connectivity index (χ0n) is 23.8. The molecule has 0 spiro atoms. The van der Waals surface area contributed by atoms with Gasteiger partial charge in [0.1, 0.15) is 10.7 Å². The van der Waals surface area contributed by atoms with E-state index in [9.17, 15) is 18.0 Å². The van der Waals surface area contributed by atoms with Crippen molar-refractivity contribution in [3.63, 3.8) is 0 Å².